The number of methoxy groups -OCH3 is 1. The molecule has 2 aromatic rings. The summed E-state index contributed by atoms with van der Waals surface area (Å²) >= 11 is 0. The summed E-state index contributed by atoms with van der Waals surface area (Å²) in [5, 5.41) is 11.1. The maximum Gasteiger partial charge on any atom is 0.224 e. The van der Waals surface area contributed by atoms with E-state index in [1.807, 2.05) is 24.3 Å². The van der Waals surface area contributed by atoms with Crippen molar-refractivity contribution in [2.75, 3.05) is 20.2 Å². The van der Waals surface area contributed by atoms with Crippen LogP contribution in [0.15, 0.2) is 30.5 Å². The fourth-order valence-corrected chi connectivity index (χ4v) is 4.55. The Kier molecular flexibility index (Phi) is 5.62. The first kappa shape index (κ1) is 19.6. The number of rotatable bonds is 7. The van der Waals surface area contributed by atoms with E-state index in [0.717, 1.165) is 37.2 Å². The Balaban J connectivity index is 1.34. The molecule has 3 aliphatic heterocycles. The molecule has 0 spiro atoms. The van der Waals surface area contributed by atoms with Crippen molar-refractivity contribution in [2.24, 2.45) is 11.8 Å². The second kappa shape index (κ2) is 8.32. The van der Waals surface area contributed by atoms with E-state index in [1.165, 1.54) is 6.92 Å². The van der Waals surface area contributed by atoms with E-state index in [9.17, 15) is 9.59 Å². The summed E-state index contributed by atoms with van der Waals surface area (Å²) in [6.45, 7) is 4.44. The van der Waals surface area contributed by atoms with Gasteiger partial charge in [-0.3, -0.25) is 19.2 Å². The van der Waals surface area contributed by atoms with Crippen LogP contribution in [-0.4, -0.2) is 57.8 Å². The average molecular weight is 397 g/mol. The summed E-state index contributed by atoms with van der Waals surface area (Å²) in [6.07, 6.45) is 3.71. The van der Waals surface area contributed by atoms with Crippen LogP contribution in [0.2, 0.25) is 0 Å². The van der Waals surface area contributed by atoms with Gasteiger partial charge in [-0.2, -0.15) is 0 Å². The Labute approximate surface area is 170 Å². The number of nitrogens with one attached hydrogen (secondary N) is 1. The number of hydrogen-bond acceptors (Lipinski definition) is 6. The molecule has 154 valence electrons. The fourth-order valence-electron chi connectivity index (χ4n) is 4.55. The third kappa shape index (κ3) is 4.17. The molecule has 4 heterocycles. The largest absolute Gasteiger partial charge is 0.496 e. The molecule has 1 N–H and O–H groups in total. The molecule has 3 saturated heterocycles. The number of aromatic nitrogens is 3. The second-order valence-electron chi connectivity index (χ2n) is 7.95. The number of ether oxygens (including phenoxy) is 1. The lowest BCUT2D eigenvalue weighted by Crippen LogP contribution is -2.58. The van der Waals surface area contributed by atoms with Gasteiger partial charge in [0.1, 0.15) is 11.4 Å². The topological polar surface area (TPSA) is 89.4 Å². The van der Waals surface area contributed by atoms with Gasteiger partial charge in [0.25, 0.3) is 0 Å². The van der Waals surface area contributed by atoms with Gasteiger partial charge in [-0.15, -0.1) is 5.10 Å². The van der Waals surface area contributed by atoms with Crippen molar-refractivity contribution in [3.8, 4) is 5.75 Å². The number of piperidine rings is 3. The maximum absolute atomic E-state index is 12.9. The monoisotopic (exact) mass is 397 g/mol. The van der Waals surface area contributed by atoms with Crippen LogP contribution in [0, 0.1) is 11.8 Å². The molecule has 0 radical (unpaired) electrons. The van der Waals surface area contributed by atoms with Crippen LogP contribution in [0.3, 0.4) is 0 Å². The van der Waals surface area contributed by atoms with E-state index >= 15 is 0 Å². The molecular formula is C21H27N5O3. The van der Waals surface area contributed by atoms with Gasteiger partial charge in [-0.05, 0) is 31.4 Å². The number of carbonyl (C=O) groups excluding carboxylic acids is 2. The quantitative estimate of drug-likeness (QED) is 0.713. The summed E-state index contributed by atoms with van der Waals surface area (Å²) in [5.41, 5.74) is 1.38. The van der Waals surface area contributed by atoms with Crippen molar-refractivity contribution in [3.63, 3.8) is 0 Å². The van der Waals surface area contributed by atoms with Crippen LogP contribution >= 0.6 is 0 Å². The van der Waals surface area contributed by atoms with Crippen molar-refractivity contribution in [3.05, 3.63) is 41.7 Å². The van der Waals surface area contributed by atoms with E-state index in [2.05, 4.69) is 20.5 Å². The van der Waals surface area contributed by atoms with Crippen molar-refractivity contribution < 1.29 is 14.3 Å². The zero-order chi connectivity index (χ0) is 20.4. The van der Waals surface area contributed by atoms with Gasteiger partial charge in [0.2, 0.25) is 5.91 Å². The van der Waals surface area contributed by atoms with Gasteiger partial charge in [0.05, 0.1) is 25.8 Å². The molecular weight excluding hydrogens is 370 g/mol. The first-order valence-electron chi connectivity index (χ1n) is 10.1. The lowest BCUT2D eigenvalue weighted by Gasteiger charge is -2.49. The van der Waals surface area contributed by atoms with E-state index in [0.29, 0.717) is 30.7 Å². The highest BCUT2D eigenvalue weighted by molar-refractivity contribution is 5.91. The van der Waals surface area contributed by atoms with Crippen molar-refractivity contribution in [2.45, 2.75) is 38.9 Å². The molecule has 0 saturated carbocycles. The summed E-state index contributed by atoms with van der Waals surface area (Å²) in [7, 11) is 1.64. The van der Waals surface area contributed by atoms with Crippen LogP contribution in [0.4, 0.5) is 0 Å². The highest BCUT2D eigenvalue weighted by atomic mass is 16.5. The Hall–Kier alpha value is -2.74. The molecule has 1 aromatic carbocycles. The minimum Gasteiger partial charge on any atom is -0.496 e. The number of ketones is 1. The molecule has 29 heavy (non-hydrogen) atoms. The van der Waals surface area contributed by atoms with E-state index < -0.39 is 0 Å². The fraction of sp³-hybridized carbons (Fsp3) is 0.524. The predicted octanol–water partition coefficient (Wildman–Crippen LogP) is 1.52. The third-order valence-electron chi connectivity index (χ3n) is 6.16. The van der Waals surface area contributed by atoms with Crippen LogP contribution in [0.5, 0.6) is 5.75 Å². The molecule has 4 atom stereocenters. The minimum atomic E-state index is -0.0755. The Morgan fingerprint density at radius 2 is 2.14 bits per heavy atom. The Bertz CT molecular complexity index is 896. The summed E-state index contributed by atoms with van der Waals surface area (Å²) in [6, 6.07) is 8.08. The summed E-state index contributed by atoms with van der Waals surface area (Å²) in [4.78, 5) is 26.7. The SMILES string of the molecule is COc1ccccc1CNC(=O)[C@H]1CN2CC[C@@H]1C[C@@H]2Cn1cc(C(C)=O)nn1. The van der Waals surface area contributed by atoms with E-state index in [-0.39, 0.29) is 17.6 Å². The van der Waals surface area contributed by atoms with Gasteiger partial charge >= 0.3 is 0 Å². The molecule has 1 unspecified atom stereocenters. The molecule has 1 aromatic heterocycles. The maximum atomic E-state index is 12.9. The molecule has 2 bridgehead atoms. The lowest BCUT2D eigenvalue weighted by atomic mass is 9.75. The van der Waals surface area contributed by atoms with Crippen LogP contribution in [-0.2, 0) is 17.9 Å². The van der Waals surface area contributed by atoms with Gasteiger partial charge < -0.3 is 10.1 Å². The van der Waals surface area contributed by atoms with Gasteiger partial charge in [-0.25, -0.2) is 0 Å². The predicted molar refractivity (Wildman–Crippen MR) is 106 cm³/mol. The number of nitrogens with zero attached hydrogens (tertiary/aromatic N) is 4. The smallest absolute Gasteiger partial charge is 0.224 e. The number of fused-ring (bicyclic) bond motifs is 3. The minimum absolute atomic E-state index is 0.0123. The van der Waals surface area contributed by atoms with Gasteiger partial charge in [0.15, 0.2) is 5.78 Å². The number of amides is 1. The Morgan fingerprint density at radius 3 is 2.83 bits per heavy atom. The third-order valence-corrected chi connectivity index (χ3v) is 6.16. The number of hydrogen-bond donors (Lipinski definition) is 1. The van der Waals surface area contributed by atoms with Crippen molar-refractivity contribution in [1.29, 1.82) is 0 Å². The molecule has 8 heteroatoms. The highest BCUT2D eigenvalue weighted by Crippen LogP contribution is 2.37. The lowest BCUT2D eigenvalue weighted by molar-refractivity contribution is -0.133. The van der Waals surface area contributed by atoms with Crippen LogP contribution < -0.4 is 10.1 Å². The number of Topliss-reactive ketones (excluding diaryl/α,β-unsaturated/α-hetero) is 1. The zero-order valence-corrected chi connectivity index (χ0v) is 16.9. The zero-order valence-electron chi connectivity index (χ0n) is 16.9. The highest BCUT2D eigenvalue weighted by Gasteiger charge is 2.43. The first-order chi connectivity index (χ1) is 14.0. The summed E-state index contributed by atoms with van der Waals surface area (Å²) < 4.78 is 7.11. The van der Waals surface area contributed by atoms with Crippen molar-refractivity contribution in [1.82, 2.24) is 25.2 Å². The molecule has 5 rings (SSSR count). The molecule has 1 amide bonds. The average Bonchev–Trinajstić information content (AvgIpc) is 3.21. The van der Waals surface area contributed by atoms with Crippen LogP contribution in [0.1, 0.15) is 35.8 Å². The van der Waals surface area contributed by atoms with Gasteiger partial charge in [0, 0.05) is 31.6 Å². The number of benzene rings is 1. The molecule has 3 aliphatic rings. The second-order valence-corrected chi connectivity index (χ2v) is 7.95. The van der Waals surface area contributed by atoms with Crippen molar-refractivity contribution >= 4 is 11.7 Å². The summed E-state index contributed by atoms with van der Waals surface area (Å²) in [5.74, 6) is 1.22. The molecule has 8 nitrogen and oxygen atoms in total. The Morgan fingerprint density at radius 1 is 1.31 bits per heavy atom. The molecule has 0 aliphatic carbocycles. The first-order valence-corrected chi connectivity index (χ1v) is 10.1. The normalized spacial score (nSPS) is 25.6. The standard InChI is InChI=1S/C21H27N5O3/c1-14(27)19-13-26(24-23-19)11-17-9-15-7-8-25(17)12-18(15)21(28)22-10-16-5-3-4-6-20(16)29-2/h3-6,13,15,17-18H,7-12H2,1-2H3,(H,22,28)/t15-,17-,18+/m1/s1. The number of para-hydroxylation sites is 1. The van der Waals surface area contributed by atoms with E-state index in [1.54, 1.807) is 18.0 Å². The van der Waals surface area contributed by atoms with Crippen LogP contribution in [0.25, 0.3) is 0 Å². The van der Waals surface area contributed by atoms with E-state index in [4.69, 9.17) is 4.74 Å². The van der Waals surface area contributed by atoms with Gasteiger partial charge in [-0.1, -0.05) is 23.4 Å². The number of carbonyl (C=O) groups is 2. The molecule has 3 fully saturated rings.